The molecule has 0 atom stereocenters. The van der Waals surface area contributed by atoms with Crippen LogP contribution < -0.4 is 5.32 Å². The van der Waals surface area contributed by atoms with Crippen LogP contribution in [-0.4, -0.2) is 92.4 Å². The minimum atomic E-state index is -4.25. The molecule has 2 aliphatic rings. The van der Waals surface area contributed by atoms with Crippen molar-refractivity contribution in [2.45, 2.75) is 65.3 Å². The lowest BCUT2D eigenvalue weighted by molar-refractivity contribution is -0.126. The van der Waals surface area contributed by atoms with Crippen LogP contribution in [0.1, 0.15) is 48.4 Å². The first-order valence-corrected chi connectivity index (χ1v) is 18.2. The van der Waals surface area contributed by atoms with E-state index in [1.54, 1.807) is 6.07 Å². The summed E-state index contributed by atoms with van der Waals surface area (Å²) in [6.45, 7) is 15.4. The van der Waals surface area contributed by atoms with E-state index in [9.17, 15) is 18.4 Å². The number of hydrogen-bond acceptors (Lipinski definition) is 9. The SMILES string of the molecule is Cc1c(CN2CCC(Nc3ncnc4sc(CC(F)(F)F)cc34)CC2)ccc2c1cc(C#N)n2CCN1CCN(SCC(C)C)CC1. The van der Waals surface area contributed by atoms with Crippen LogP contribution in [0.3, 0.4) is 0 Å². The number of hydrogen-bond donors (Lipinski definition) is 1. The molecule has 1 aromatic carbocycles. The number of alkyl halides is 3. The van der Waals surface area contributed by atoms with Crippen LogP contribution in [0.15, 0.2) is 30.6 Å². The fourth-order valence-corrected chi connectivity index (χ4v) is 8.54. The summed E-state index contributed by atoms with van der Waals surface area (Å²) >= 11 is 3.04. The number of nitriles is 1. The van der Waals surface area contributed by atoms with Crippen LogP contribution in [0, 0.1) is 24.2 Å². The zero-order valence-corrected chi connectivity index (χ0v) is 28.9. The van der Waals surface area contributed by atoms with Gasteiger partial charge >= 0.3 is 6.18 Å². The third-order valence-corrected chi connectivity index (χ3v) is 11.8. The van der Waals surface area contributed by atoms with Crippen LogP contribution in [0.2, 0.25) is 0 Å². The van der Waals surface area contributed by atoms with Crippen molar-refractivity contribution in [2.75, 3.05) is 56.9 Å². The number of fused-ring (bicyclic) bond motifs is 2. The summed E-state index contributed by atoms with van der Waals surface area (Å²) in [5.74, 6) is 2.48. The zero-order chi connectivity index (χ0) is 33.1. The van der Waals surface area contributed by atoms with Gasteiger partial charge in [-0.25, -0.2) is 14.3 Å². The summed E-state index contributed by atoms with van der Waals surface area (Å²) in [7, 11) is 0. The topological polar surface area (TPSA) is 76.2 Å². The molecule has 0 aliphatic carbocycles. The average Bonchev–Trinajstić information content (AvgIpc) is 3.62. The first-order chi connectivity index (χ1) is 22.6. The monoisotopic (exact) mass is 684 g/mol. The molecule has 8 nitrogen and oxygen atoms in total. The van der Waals surface area contributed by atoms with E-state index in [2.05, 4.69) is 79.0 Å². The average molecular weight is 685 g/mol. The van der Waals surface area contributed by atoms with Crippen LogP contribution >= 0.6 is 23.3 Å². The van der Waals surface area contributed by atoms with E-state index in [1.807, 2.05) is 11.9 Å². The third-order valence-electron chi connectivity index (χ3n) is 9.22. The highest BCUT2D eigenvalue weighted by Crippen LogP contribution is 2.33. The van der Waals surface area contributed by atoms with Gasteiger partial charge in [-0.05, 0) is 55.0 Å². The van der Waals surface area contributed by atoms with Crippen LogP contribution in [0.5, 0.6) is 0 Å². The maximum Gasteiger partial charge on any atom is 0.393 e. The molecule has 13 heteroatoms. The highest BCUT2D eigenvalue weighted by Gasteiger charge is 2.29. The molecule has 3 aromatic heterocycles. The molecule has 1 N–H and O–H groups in total. The van der Waals surface area contributed by atoms with Crippen molar-refractivity contribution < 1.29 is 13.2 Å². The summed E-state index contributed by atoms with van der Waals surface area (Å²) in [5, 5.41) is 15.3. The van der Waals surface area contributed by atoms with Gasteiger partial charge in [-0.2, -0.15) is 18.4 Å². The summed E-state index contributed by atoms with van der Waals surface area (Å²) in [5.41, 5.74) is 4.34. The molecule has 2 fully saturated rings. The number of piperazine rings is 1. The number of benzene rings is 1. The number of halogens is 3. The van der Waals surface area contributed by atoms with Gasteiger partial charge in [0.05, 0.1) is 11.8 Å². The maximum absolute atomic E-state index is 12.9. The lowest BCUT2D eigenvalue weighted by Gasteiger charge is -2.34. The lowest BCUT2D eigenvalue weighted by atomic mass is 10.0. The molecular weight excluding hydrogens is 642 g/mol. The number of piperidine rings is 1. The van der Waals surface area contributed by atoms with E-state index in [-0.39, 0.29) is 10.9 Å². The van der Waals surface area contributed by atoms with E-state index in [4.69, 9.17) is 0 Å². The van der Waals surface area contributed by atoms with E-state index < -0.39 is 12.6 Å². The Balaban J connectivity index is 1.04. The number of anilines is 1. The number of rotatable bonds is 11. The Morgan fingerprint density at radius 2 is 1.79 bits per heavy atom. The summed E-state index contributed by atoms with van der Waals surface area (Å²) < 4.78 is 43.5. The van der Waals surface area contributed by atoms with Gasteiger partial charge in [0, 0.05) is 86.5 Å². The molecule has 4 aromatic rings. The van der Waals surface area contributed by atoms with Crippen molar-refractivity contribution in [1.29, 1.82) is 5.26 Å². The molecule has 0 spiro atoms. The Labute approximate surface area is 283 Å². The first kappa shape index (κ1) is 34.0. The molecule has 252 valence electrons. The maximum atomic E-state index is 12.9. The molecule has 0 amide bonds. The Kier molecular flexibility index (Phi) is 10.6. The second kappa shape index (κ2) is 14.7. The molecule has 6 rings (SSSR count). The molecule has 0 saturated carbocycles. The van der Waals surface area contributed by atoms with Gasteiger partial charge in [0.15, 0.2) is 0 Å². The van der Waals surface area contributed by atoms with Crippen LogP contribution in [0.25, 0.3) is 21.1 Å². The van der Waals surface area contributed by atoms with Gasteiger partial charge in [-0.3, -0.25) is 9.80 Å². The van der Waals surface area contributed by atoms with E-state index in [1.165, 1.54) is 23.2 Å². The third kappa shape index (κ3) is 8.40. The van der Waals surface area contributed by atoms with Crippen molar-refractivity contribution in [3.05, 3.63) is 52.3 Å². The van der Waals surface area contributed by atoms with Gasteiger partial charge < -0.3 is 9.88 Å². The Hall–Kier alpha value is -2.89. The number of likely N-dealkylation sites (tertiary alicyclic amines) is 1. The van der Waals surface area contributed by atoms with Gasteiger partial charge in [-0.1, -0.05) is 31.9 Å². The second-order valence-corrected chi connectivity index (χ2v) is 15.4. The number of aryl methyl sites for hydroxylation is 1. The second-order valence-electron chi connectivity index (χ2n) is 13.2. The van der Waals surface area contributed by atoms with Crippen LogP contribution in [0.4, 0.5) is 19.0 Å². The van der Waals surface area contributed by atoms with Gasteiger partial charge in [0.1, 0.15) is 28.7 Å². The van der Waals surface area contributed by atoms with Crippen molar-refractivity contribution in [3.8, 4) is 6.07 Å². The van der Waals surface area contributed by atoms with Gasteiger partial charge in [-0.15, -0.1) is 11.3 Å². The molecular formula is C34H43F3N8S2. The summed E-state index contributed by atoms with van der Waals surface area (Å²) in [6, 6.07) is 10.7. The number of nitrogens with zero attached hydrogens (tertiary/aromatic N) is 7. The molecule has 2 aliphatic heterocycles. The fraction of sp³-hybridized carbons (Fsp3) is 0.559. The molecule has 5 heterocycles. The predicted octanol–water partition coefficient (Wildman–Crippen LogP) is 6.93. The van der Waals surface area contributed by atoms with Crippen LogP contribution in [-0.2, 0) is 19.5 Å². The van der Waals surface area contributed by atoms with Crippen molar-refractivity contribution >= 4 is 50.2 Å². The highest BCUT2D eigenvalue weighted by molar-refractivity contribution is 7.97. The van der Waals surface area contributed by atoms with Crippen molar-refractivity contribution in [1.82, 2.24) is 28.6 Å². The lowest BCUT2D eigenvalue weighted by Crippen LogP contribution is -2.44. The van der Waals surface area contributed by atoms with E-state index in [0.29, 0.717) is 27.6 Å². The van der Waals surface area contributed by atoms with Gasteiger partial charge in [0.2, 0.25) is 0 Å². The van der Waals surface area contributed by atoms with Gasteiger partial charge in [0.25, 0.3) is 0 Å². The Bertz CT molecular complexity index is 1710. The Morgan fingerprint density at radius 3 is 2.49 bits per heavy atom. The highest BCUT2D eigenvalue weighted by atomic mass is 32.2. The van der Waals surface area contributed by atoms with E-state index in [0.717, 1.165) is 94.0 Å². The molecule has 2 saturated heterocycles. The minimum Gasteiger partial charge on any atom is -0.367 e. The molecule has 47 heavy (non-hydrogen) atoms. The number of thiophene rings is 1. The Morgan fingerprint density at radius 1 is 1.02 bits per heavy atom. The molecule has 0 radical (unpaired) electrons. The first-order valence-electron chi connectivity index (χ1n) is 16.5. The minimum absolute atomic E-state index is 0.188. The largest absolute Gasteiger partial charge is 0.393 e. The van der Waals surface area contributed by atoms with Crippen molar-refractivity contribution in [2.24, 2.45) is 5.92 Å². The standard InChI is InChI=1S/C34H43F3N8S2/c1-23(2)21-46-44-13-10-42(11-14-44)12-15-45-27(19-38)16-29-24(3)25(4-5-31(29)45)20-43-8-6-26(7-9-43)41-32-30-17-28(18-34(35,36)37)47-33(30)40-22-39-32/h4-5,16-17,22-23,26H,6-15,18,20-21H2,1-3H3,(H,39,40,41). The summed E-state index contributed by atoms with van der Waals surface area (Å²) in [4.78, 5) is 14.4. The fourth-order valence-electron chi connectivity index (χ4n) is 6.58. The molecule has 0 bridgehead atoms. The number of nitrogens with one attached hydrogen (secondary N) is 1. The van der Waals surface area contributed by atoms with E-state index >= 15 is 0 Å². The smallest absolute Gasteiger partial charge is 0.367 e. The zero-order valence-electron chi connectivity index (χ0n) is 27.3. The van der Waals surface area contributed by atoms with Crippen molar-refractivity contribution in [3.63, 3.8) is 0 Å². The number of aromatic nitrogens is 3. The normalized spacial score (nSPS) is 17.7. The molecule has 0 unspecified atom stereocenters. The summed E-state index contributed by atoms with van der Waals surface area (Å²) in [6.07, 6.45) is -1.96. The quantitative estimate of drug-likeness (QED) is 0.171. The predicted molar refractivity (Wildman–Crippen MR) is 186 cm³/mol.